The molecule has 3 heteroatoms. The van der Waals surface area contributed by atoms with Gasteiger partial charge in [0.15, 0.2) is 0 Å². The van der Waals surface area contributed by atoms with E-state index in [0.29, 0.717) is 0 Å². The first kappa shape index (κ1) is 16.5. The number of hydrogen-bond donors (Lipinski definition) is 0. The Kier molecular flexibility index (Phi) is 13.2. The van der Waals surface area contributed by atoms with Crippen molar-refractivity contribution >= 4 is 0 Å². The van der Waals surface area contributed by atoms with Crippen molar-refractivity contribution in [2.45, 2.75) is 33.6 Å². The topological polar surface area (TPSA) is 36.0 Å². The van der Waals surface area contributed by atoms with Crippen LogP contribution in [0.25, 0.3) is 0 Å². The van der Waals surface area contributed by atoms with Crippen LogP contribution in [0.2, 0.25) is 0 Å². The van der Waals surface area contributed by atoms with Gasteiger partial charge in [0, 0.05) is 11.4 Å². The smallest absolute Gasteiger partial charge is 0.854 e. The van der Waals surface area contributed by atoms with E-state index in [0.717, 1.165) is 24.2 Å². The first-order chi connectivity index (χ1) is 6.20. The molecule has 0 aliphatic heterocycles. The first-order valence-electron chi connectivity index (χ1n) is 4.69. The normalized spacial score (nSPS) is 8.29. The fourth-order valence-electron chi connectivity index (χ4n) is 0.824. The van der Waals surface area contributed by atoms with E-state index in [4.69, 9.17) is 0 Å². The molecule has 0 unspecified atom stereocenters. The molecule has 0 saturated carbocycles. The molecule has 14 heavy (non-hydrogen) atoms. The van der Waals surface area contributed by atoms with Gasteiger partial charge in [-0.05, 0) is 26.0 Å². The minimum absolute atomic E-state index is 0. The third-order valence-corrected chi connectivity index (χ3v) is 1.53. The van der Waals surface area contributed by atoms with Crippen LogP contribution in [0.15, 0.2) is 18.2 Å². The van der Waals surface area contributed by atoms with E-state index >= 15 is 0 Å². The van der Waals surface area contributed by atoms with E-state index in [2.05, 4.69) is 4.98 Å². The molecule has 0 N–H and O–H groups in total. The second kappa shape index (κ2) is 11.2. The molecule has 1 heterocycles. The van der Waals surface area contributed by atoms with E-state index < -0.39 is 0 Å². The van der Waals surface area contributed by atoms with E-state index in [1.807, 2.05) is 39.0 Å². The summed E-state index contributed by atoms with van der Waals surface area (Å²) in [5.74, 6) is 0. The summed E-state index contributed by atoms with van der Waals surface area (Å²) < 4.78 is 0. The molecule has 1 aromatic rings. The molecular weight excluding hydrogens is 185 g/mol. The Morgan fingerprint density at radius 2 is 1.71 bits per heavy atom. The van der Waals surface area contributed by atoms with Crippen LogP contribution in [0.5, 0.6) is 0 Å². The number of pyridine rings is 1. The van der Waals surface area contributed by atoms with E-state index in [1.54, 1.807) is 0 Å². The Morgan fingerprint density at radius 3 is 1.86 bits per heavy atom. The third kappa shape index (κ3) is 10.2. The number of aromatic nitrogens is 1. The number of rotatable bonds is 2. The third-order valence-electron chi connectivity index (χ3n) is 1.53. The molecule has 0 atom stereocenters. The molecule has 1 rings (SSSR count). The molecular formula is C11H18NNaO. The molecule has 0 saturated heterocycles. The molecule has 0 radical (unpaired) electrons. The molecule has 0 amide bonds. The number of nitrogens with zero attached hydrogens (tertiary/aromatic N) is 1. The largest absolute Gasteiger partial charge is 1.00 e. The molecule has 2 nitrogen and oxygen atoms in total. The quantitative estimate of drug-likeness (QED) is 0.569. The van der Waals surface area contributed by atoms with E-state index in [9.17, 15) is 5.11 Å². The van der Waals surface area contributed by atoms with Crippen molar-refractivity contribution in [2.24, 2.45) is 0 Å². The van der Waals surface area contributed by atoms with Crippen LogP contribution in [0.1, 0.15) is 31.2 Å². The summed E-state index contributed by atoms with van der Waals surface area (Å²) in [5.41, 5.74) is 2.18. The van der Waals surface area contributed by atoms with Crippen LogP contribution in [0, 0.1) is 13.8 Å². The van der Waals surface area contributed by atoms with Crippen molar-refractivity contribution in [3.8, 4) is 0 Å². The second-order valence-electron chi connectivity index (χ2n) is 2.98. The van der Waals surface area contributed by atoms with Crippen LogP contribution < -0.4 is 34.7 Å². The maximum absolute atomic E-state index is 9.53. The van der Waals surface area contributed by atoms with Gasteiger partial charge in [0.25, 0.3) is 0 Å². The van der Waals surface area contributed by atoms with Crippen molar-refractivity contribution in [3.63, 3.8) is 0 Å². The Hall–Kier alpha value is 0.110. The van der Waals surface area contributed by atoms with Gasteiger partial charge in [-0.2, -0.15) is 0 Å². The SMILES string of the molecule is CCCC[O-].Cc1cccc(C)n1.[Na+]. The van der Waals surface area contributed by atoms with Gasteiger partial charge in [-0.3, -0.25) is 4.98 Å². The predicted octanol–water partition coefficient (Wildman–Crippen LogP) is -1.15. The maximum atomic E-state index is 9.53. The summed E-state index contributed by atoms with van der Waals surface area (Å²) in [6.07, 6.45) is 1.86. The predicted molar refractivity (Wildman–Crippen MR) is 53.5 cm³/mol. The minimum atomic E-state index is 0. The fourth-order valence-corrected chi connectivity index (χ4v) is 0.824. The average molecular weight is 203 g/mol. The zero-order valence-electron chi connectivity index (χ0n) is 9.71. The summed E-state index contributed by atoms with van der Waals surface area (Å²) in [7, 11) is 0. The van der Waals surface area contributed by atoms with Gasteiger partial charge in [0.05, 0.1) is 0 Å². The van der Waals surface area contributed by atoms with Crippen molar-refractivity contribution in [3.05, 3.63) is 29.6 Å². The summed E-state index contributed by atoms with van der Waals surface area (Å²) in [6.45, 7) is 6.09. The van der Waals surface area contributed by atoms with Gasteiger partial charge in [-0.25, -0.2) is 0 Å². The van der Waals surface area contributed by atoms with Crippen LogP contribution >= 0.6 is 0 Å². The molecule has 1 aromatic heterocycles. The second-order valence-corrected chi connectivity index (χ2v) is 2.98. The first-order valence-corrected chi connectivity index (χ1v) is 4.69. The molecule has 74 valence electrons. The van der Waals surface area contributed by atoms with Crippen molar-refractivity contribution in [1.29, 1.82) is 0 Å². The monoisotopic (exact) mass is 203 g/mol. The molecule has 0 aliphatic rings. The van der Waals surface area contributed by atoms with Gasteiger partial charge in [0.2, 0.25) is 0 Å². The van der Waals surface area contributed by atoms with Crippen LogP contribution in [0.4, 0.5) is 0 Å². The fraction of sp³-hybridized carbons (Fsp3) is 0.545. The van der Waals surface area contributed by atoms with Gasteiger partial charge in [-0.15, -0.1) is 6.61 Å². The number of hydrogen-bond acceptors (Lipinski definition) is 2. The number of unbranched alkanes of at least 4 members (excludes halogenated alkanes) is 1. The average Bonchev–Trinajstić information content (AvgIpc) is 2.06. The molecule has 0 aliphatic carbocycles. The van der Waals surface area contributed by atoms with Gasteiger partial charge >= 0.3 is 29.6 Å². The van der Waals surface area contributed by atoms with Crippen LogP contribution in [0.3, 0.4) is 0 Å². The molecule has 0 bridgehead atoms. The summed E-state index contributed by atoms with van der Waals surface area (Å²) >= 11 is 0. The Balaban J connectivity index is 0. The van der Waals surface area contributed by atoms with E-state index in [-0.39, 0.29) is 36.2 Å². The summed E-state index contributed by atoms with van der Waals surface area (Å²) in [6, 6.07) is 6.00. The Labute approximate surface area is 109 Å². The molecule has 0 spiro atoms. The van der Waals surface area contributed by atoms with Crippen molar-refractivity contribution in [2.75, 3.05) is 6.61 Å². The standard InChI is InChI=1S/C7H9N.C4H9O.Na/c1-6-4-3-5-7(2)8-6;1-2-3-4-5;/h3-5H,1-2H3;2-4H2,1H3;/q;-1;+1. The van der Waals surface area contributed by atoms with Crippen LogP contribution in [-0.4, -0.2) is 11.6 Å². The Morgan fingerprint density at radius 1 is 1.21 bits per heavy atom. The molecule has 0 fully saturated rings. The van der Waals surface area contributed by atoms with Crippen LogP contribution in [-0.2, 0) is 0 Å². The summed E-state index contributed by atoms with van der Waals surface area (Å²) in [4.78, 5) is 4.17. The Bertz CT molecular complexity index is 209. The maximum Gasteiger partial charge on any atom is 1.00 e. The minimum Gasteiger partial charge on any atom is -0.854 e. The molecule has 0 aromatic carbocycles. The van der Waals surface area contributed by atoms with Gasteiger partial charge < -0.3 is 5.11 Å². The number of aryl methyl sites for hydroxylation is 2. The van der Waals surface area contributed by atoms with Gasteiger partial charge in [0.1, 0.15) is 0 Å². The van der Waals surface area contributed by atoms with Crippen molar-refractivity contribution in [1.82, 2.24) is 4.98 Å². The van der Waals surface area contributed by atoms with E-state index in [1.165, 1.54) is 0 Å². The zero-order valence-corrected chi connectivity index (χ0v) is 11.7. The zero-order chi connectivity index (χ0) is 10.1. The van der Waals surface area contributed by atoms with Crippen molar-refractivity contribution < 1.29 is 34.7 Å². The van der Waals surface area contributed by atoms with Gasteiger partial charge in [-0.1, -0.05) is 25.8 Å². The summed E-state index contributed by atoms with van der Waals surface area (Å²) in [5, 5.41) is 9.53.